The number of carbonyl (C=O) groups excluding carboxylic acids is 1. The molecule has 0 aliphatic carbocycles. The number of nitrogens with zero attached hydrogens (tertiary/aromatic N) is 4. The van der Waals surface area contributed by atoms with E-state index in [1.807, 2.05) is 0 Å². The van der Waals surface area contributed by atoms with Gasteiger partial charge in [-0.1, -0.05) is 0 Å². The lowest BCUT2D eigenvalue weighted by molar-refractivity contribution is -0.133. The smallest absolute Gasteiger partial charge is 0.262 e. The molecule has 0 radical (unpaired) electrons. The predicted molar refractivity (Wildman–Crippen MR) is 86.6 cm³/mol. The van der Waals surface area contributed by atoms with Crippen LogP contribution in [0.15, 0.2) is 11.2 Å². The number of likely N-dealkylation sites (tertiary alicyclic amines) is 1. The maximum Gasteiger partial charge on any atom is 0.262 e. The van der Waals surface area contributed by atoms with Crippen molar-refractivity contribution in [3.8, 4) is 0 Å². The molecule has 2 fully saturated rings. The van der Waals surface area contributed by atoms with Crippen molar-refractivity contribution in [2.45, 2.75) is 25.3 Å². The van der Waals surface area contributed by atoms with E-state index in [1.54, 1.807) is 23.4 Å². The highest BCUT2D eigenvalue weighted by Gasteiger charge is 2.52. The maximum absolute atomic E-state index is 12.9. The SMILES string of the molecule is CC(=O)N1CC[C@@]2(CO)CN(S(=O)(=O)c3cn(C)c(C)n3)C[C@H]2C1. The average molecular weight is 356 g/mol. The van der Waals surface area contributed by atoms with Crippen LogP contribution in [-0.4, -0.2) is 71.0 Å². The minimum atomic E-state index is -3.70. The molecule has 0 bridgehead atoms. The van der Waals surface area contributed by atoms with Gasteiger partial charge in [-0.2, -0.15) is 4.31 Å². The van der Waals surface area contributed by atoms with E-state index < -0.39 is 15.4 Å². The van der Waals surface area contributed by atoms with E-state index in [1.165, 1.54) is 17.4 Å². The number of aromatic nitrogens is 2. The summed E-state index contributed by atoms with van der Waals surface area (Å²) in [7, 11) is -1.94. The predicted octanol–water partition coefficient (Wildman–Crippen LogP) is -0.420. The molecule has 134 valence electrons. The highest BCUT2D eigenvalue weighted by Crippen LogP contribution is 2.44. The van der Waals surface area contributed by atoms with Gasteiger partial charge in [0.05, 0.1) is 6.61 Å². The molecule has 9 heteroatoms. The van der Waals surface area contributed by atoms with E-state index in [-0.39, 0.29) is 30.0 Å². The minimum Gasteiger partial charge on any atom is -0.396 e. The number of rotatable bonds is 3. The molecule has 2 saturated heterocycles. The summed E-state index contributed by atoms with van der Waals surface area (Å²) in [6.07, 6.45) is 2.13. The number of sulfonamides is 1. The highest BCUT2D eigenvalue weighted by atomic mass is 32.2. The Balaban J connectivity index is 1.88. The van der Waals surface area contributed by atoms with Gasteiger partial charge in [0.1, 0.15) is 5.82 Å². The minimum absolute atomic E-state index is 0.0109. The molecule has 0 spiro atoms. The van der Waals surface area contributed by atoms with Crippen LogP contribution in [-0.2, 0) is 21.9 Å². The van der Waals surface area contributed by atoms with Gasteiger partial charge in [-0.15, -0.1) is 0 Å². The van der Waals surface area contributed by atoms with Gasteiger partial charge in [0.15, 0.2) is 5.03 Å². The highest BCUT2D eigenvalue weighted by molar-refractivity contribution is 7.89. The Hall–Kier alpha value is -1.45. The van der Waals surface area contributed by atoms with Crippen LogP contribution in [0.2, 0.25) is 0 Å². The molecular formula is C15H24N4O4S. The topological polar surface area (TPSA) is 95.7 Å². The monoisotopic (exact) mass is 356 g/mol. The lowest BCUT2D eigenvalue weighted by Gasteiger charge is -2.42. The van der Waals surface area contributed by atoms with Gasteiger partial charge < -0.3 is 14.6 Å². The van der Waals surface area contributed by atoms with E-state index >= 15 is 0 Å². The molecule has 8 nitrogen and oxygen atoms in total. The number of fused-ring (bicyclic) bond motifs is 1. The third-order valence-corrected chi connectivity index (χ3v) is 7.24. The lowest BCUT2D eigenvalue weighted by Crippen LogP contribution is -2.50. The van der Waals surface area contributed by atoms with Gasteiger partial charge in [0.2, 0.25) is 5.91 Å². The van der Waals surface area contributed by atoms with Gasteiger partial charge in [-0.3, -0.25) is 4.79 Å². The largest absolute Gasteiger partial charge is 0.396 e. The van der Waals surface area contributed by atoms with E-state index in [9.17, 15) is 18.3 Å². The standard InChI is InChI=1S/C15H24N4O4S/c1-11-16-14(8-17(11)3)24(22,23)19-7-13-6-18(12(2)21)5-4-15(13,9-19)10-20/h8,13,20H,4-7,9-10H2,1-3H3/t13-,15+/m1/s1. The number of imidazole rings is 1. The number of aliphatic hydroxyl groups excluding tert-OH is 1. The lowest BCUT2D eigenvalue weighted by atomic mass is 9.73. The second-order valence-electron chi connectivity index (χ2n) is 6.97. The van der Waals surface area contributed by atoms with Crippen LogP contribution in [0.3, 0.4) is 0 Å². The summed E-state index contributed by atoms with van der Waals surface area (Å²) in [4.78, 5) is 17.5. The van der Waals surface area contributed by atoms with E-state index in [0.717, 1.165) is 0 Å². The fourth-order valence-electron chi connectivity index (χ4n) is 3.74. The van der Waals surface area contributed by atoms with Gasteiger partial charge in [0, 0.05) is 51.8 Å². The second kappa shape index (κ2) is 5.82. The zero-order chi connectivity index (χ0) is 17.7. The molecule has 0 saturated carbocycles. The first-order valence-corrected chi connectivity index (χ1v) is 9.50. The molecule has 2 aliphatic rings. The summed E-state index contributed by atoms with van der Waals surface area (Å²) in [6, 6.07) is 0. The van der Waals surface area contributed by atoms with Gasteiger partial charge in [-0.25, -0.2) is 13.4 Å². The van der Waals surface area contributed by atoms with Gasteiger partial charge in [0.25, 0.3) is 10.0 Å². The van der Waals surface area contributed by atoms with E-state index in [2.05, 4.69) is 4.98 Å². The van der Waals surface area contributed by atoms with Gasteiger partial charge in [-0.05, 0) is 19.3 Å². The van der Waals surface area contributed by atoms with Crippen molar-refractivity contribution in [1.82, 2.24) is 18.8 Å². The summed E-state index contributed by atoms with van der Waals surface area (Å²) in [6.45, 7) is 4.83. The zero-order valence-electron chi connectivity index (χ0n) is 14.3. The molecule has 1 aromatic rings. The van der Waals surface area contributed by atoms with Crippen molar-refractivity contribution in [1.29, 1.82) is 0 Å². The maximum atomic E-state index is 12.9. The van der Waals surface area contributed by atoms with Crippen molar-refractivity contribution in [2.75, 3.05) is 32.8 Å². The summed E-state index contributed by atoms with van der Waals surface area (Å²) in [5.74, 6) is 0.563. The molecule has 24 heavy (non-hydrogen) atoms. The summed E-state index contributed by atoms with van der Waals surface area (Å²) < 4.78 is 28.9. The van der Waals surface area contributed by atoms with Crippen LogP contribution < -0.4 is 0 Å². The molecule has 3 heterocycles. The fraction of sp³-hybridized carbons (Fsp3) is 0.733. The second-order valence-corrected chi connectivity index (χ2v) is 8.85. The molecule has 2 atom stereocenters. The Kier molecular flexibility index (Phi) is 4.21. The average Bonchev–Trinajstić information content (AvgIpc) is 3.08. The fourth-order valence-corrected chi connectivity index (χ4v) is 5.35. The number of carbonyl (C=O) groups is 1. The molecule has 1 amide bonds. The Bertz CT molecular complexity index is 740. The number of piperidine rings is 1. The number of hydrogen-bond acceptors (Lipinski definition) is 5. The first-order valence-electron chi connectivity index (χ1n) is 8.06. The van der Waals surface area contributed by atoms with Crippen molar-refractivity contribution in [3.05, 3.63) is 12.0 Å². The first-order chi connectivity index (χ1) is 11.2. The van der Waals surface area contributed by atoms with Crippen LogP contribution in [0.4, 0.5) is 0 Å². The Morgan fingerprint density at radius 2 is 2.17 bits per heavy atom. The van der Waals surface area contributed by atoms with Crippen LogP contribution in [0.1, 0.15) is 19.2 Å². The van der Waals surface area contributed by atoms with Crippen LogP contribution >= 0.6 is 0 Å². The number of aryl methyl sites for hydroxylation is 2. The van der Waals surface area contributed by atoms with Gasteiger partial charge >= 0.3 is 0 Å². The number of amides is 1. The third kappa shape index (κ3) is 2.64. The first kappa shape index (κ1) is 17.4. The van der Waals surface area contributed by atoms with Crippen molar-refractivity contribution in [3.63, 3.8) is 0 Å². The number of aliphatic hydroxyl groups is 1. The summed E-state index contributed by atoms with van der Waals surface area (Å²) in [5, 5.41) is 9.97. The van der Waals surface area contributed by atoms with Crippen LogP contribution in [0.5, 0.6) is 0 Å². The molecule has 1 aromatic heterocycles. The van der Waals surface area contributed by atoms with Crippen LogP contribution in [0.25, 0.3) is 0 Å². The Labute approximate surface area is 142 Å². The number of hydrogen-bond donors (Lipinski definition) is 1. The summed E-state index contributed by atoms with van der Waals surface area (Å²) >= 11 is 0. The normalized spacial score (nSPS) is 28.2. The molecule has 3 rings (SSSR count). The third-order valence-electron chi connectivity index (χ3n) is 5.55. The molecule has 0 unspecified atom stereocenters. The van der Waals surface area contributed by atoms with E-state index in [4.69, 9.17) is 0 Å². The molecular weight excluding hydrogens is 332 g/mol. The van der Waals surface area contributed by atoms with Crippen molar-refractivity contribution < 1.29 is 18.3 Å². The molecule has 1 N–H and O–H groups in total. The zero-order valence-corrected chi connectivity index (χ0v) is 15.1. The Morgan fingerprint density at radius 3 is 2.71 bits per heavy atom. The summed E-state index contributed by atoms with van der Waals surface area (Å²) in [5.41, 5.74) is -0.469. The molecule has 0 aromatic carbocycles. The molecule has 2 aliphatic heterocycles. The van der Waals surface area contributed by atoms with E-state index in [0.29, 0.717) is 31.9 Å². The quantitative estimate of drug-likeness (QED) is 0.794. The van der Waals surface area contributed by atoms with Crippen molar-refractivity contribution in [2.24, 2.45) is 18.4 Å². The van der Waals surface area contributed by atoms with Crippen molar-refractivity contribution >= 4 is 15.9 Å². The van der Waals surface area contributed by atoms with Crippen LogP contribution in [0, 0.1) is 18.3 Å². The Morgan fingerprint density at radius 1 is 1.46 bits per heavy atom.